The molecule has 13 heteroatoms. The van der Waals surface area contributed by atoms with Gasteiger partial charge < -0.3 is 41.3 Å². The van der Waals surface area contributed by atoms with Crippen molar-refractivity contribution in [3.8, 4) is 5.75 Å². The van der Waals surface area contributed by atoms with Crippen LogP contribution in [0.25, 0.3) is 0 Å². The Morgan fingerprint density at radius 2 is 1.71 bits per heavy atom. The molecule has 0 radical (unpaired) electrons. The minimum absolute atomic E-state index is 0.00699. The summed E-state index contributed by atoms with van der Waals surface area (Å²) in [6.45, 7) is 5.75. The average molecular weight is 626 g/mol. The molecule has 1 saturated heterocycles. The maximum atomic E-state index is 14.2. The lowest BCUT2D eigenvalue weighted by Gasteiger charge is -2.50. The van der Waals surface area contributed by atoms with Crippen LogP contribution in [0.4, 0.5) is 11.4 Å². The summed E-state index contributed by atoms with van der Waals surface area (Å²) in [6, 6.07) is 0.926. The number of benzene rings is 1. The summed E-state index contributed by atoms with van der Waals surface area (Å²) in [5, 5.41) is 48.6. The summed E-state index contributed by atoms with van der Waals surface area (Å²) < 4.78 is 0. The van der Waals surface area contributed by atoms with Crippen molar-refractivity contribution in [2.45, 2.75) is 57.2 Å². The van der Waals surface area contributed by atoms with Gasteiger partial charge in [0.05, 0.1) is 17.3 Å². The van der Waals surface area contributed by atoms with Crippen molar-refractivity contribution in [3.05, 3.63) is 39.9 Å². The number of ketones is 2. The molecule has 0 saturated carbocycles. The quantitative estimate of drug-likeness (QED) is 0.197. The summed E-state index contributed by atoms with van der Waals surface area (Å²) >= 11 is 0. The lowest BCUT2D eigenvalue weighted by atomic mass is 9.58. The number of aromatic hydroxyl groups is 1. The summed E-state index contributed by atoms with van der Waals surface area (Å²) in [5.41, 5.74) is 2.53. The van der Waals surface area contributed by atoms with Gasteiger partial charge in [0, 0.05) is 43.2 Å². The zero-order valence-electron chi connectivity index (χ0n) is 26.5. The molecule has 1 aliphatic heterocycles. The highest BCUT2D eigenvalue weighted by Crippen LogP contribution is 2.54. The molecule has 3 aliphatic carbocycles. The van der Waals surface area contributed by atoms with Gasteiger partial charge in [-0.1, -0.05) is 0 Å². The van der Waals surface area contributed by atoms with Crippen molar-refractivity contribution in [2.75, 3.05) is 51.5 Å². The molecule has 7 N–H and O–H groups in total. The van der Waals surface area contributed by atoms with Crippen LogP contribution in [-0.4, -0.2) is 113 Å². The zero-order chi connectivity index (χ0) is 33.3. The van der Waals surface area contributed by atoms with Gasteiger partial charge in [0.2, 0.25) is 11.7 Å². The molecular formula is C32H43N5O8. The molecule has 0 aromatic heterocycles. The van der Waals surface area contributed by atoms with E-state index in [4.69, 9.17) is 5.73 Å². The normalized spacial score (nSPS) is 27.4. The molecule has 1 aromatic rings. The molecule has 13 nitrogen and oxygen atoms in total. The Morgan fingerprint density at radius 3 is 2.24 bits per heavy atom. The number of amides is 2. The fourth-order valence-corrected chi connectivity index (χ4v) is 7.71. The van der Waals surface area contributed by atoms with Crippen LogP contribution in [0, 0.1) is 17.8 Å². The number of hydrogen-bond donors (Lipinski definition) is 6. The second kappa shape index (κ2) is 11.5. The van der Waals surface area contributed by atoms with E-state index in [1.165, 1.54) is 4.90 Å². The van der Waals surface area contributed by atoms with Crippen LogP contribution in [0.1, 0.15) is 49.0 Å². The number of carbonyl (C=O) groups excluding carboxylic acids is 4. The largest absolute Gasteiger partial charge is 0.510 e. The predicted molar refractivity (Wildman–Crippen MR) is 166 cm³/mol. The van der Waals surface area contributed by atoms with Crippen molar-refractivity contribution >= 4 is 34.8 Å². The first-order valence-corrected chi connectivity index (χ1v) is 15.3. The topological polar surface area (TPSA) is 197 Å². The van der Waals surface area contributed by atoms with E-state index < -0.39 is 63.8 Å². The van der Waals surface area contributed by atoms with E-state index in [-0.39, 0.29) is 41.5 Å². The third-order valence-corrected chi connectivity index (χ3v) is 10.1. The first kappa shape index (κ1) is 32.5. The molecule has 4 atom stereocenters. The molecule has 2 amide bonds. The van der Waals surface area contributed by atoms with E-state index in [2.05, 4.69) is 24.1 Å². The number of hydrogen-bond acceptors (Lipinski definition) is 11. The van der Waals surface area contributed by atoms with E-state index in [1.54, 1.807) is 39.2 Å². The second-order valence-electron chi connectivity index (χ2n) is 13.4. The standard InChI is InChI=1S/C32H43N5O8/c1-14(2)37-9-7-15(8-10-37)31(44)34-19-13-20(35(3)4)17-11-16-12-18-24(36(5)6)27(40)23(30(33)43)29(42)32(18,45)28(41)21(16)26(39)22(17)25(19)38/h13-16,18,24,38,40-41,45H,7-12H2,1-6H3,(H2,33,43)(H,34,44)/t16-,18-,24-,32-/m0/s1. The molecule has 1 aromatic carbocycles. The number of phenolic OH excluding ortho intramolecular Hbond substituents is 1. The number of rotatable bonds is 6. The molecule has 45 heavy (non-hydrogen) atoms. The number of anilines is 2. The molecule has 0 unspecified atom stereocenters. The highest BCUT2D eigenvalue weighted by molar-refractivity contribution is 6.25. The molecule has 244 valence electrons. The molecular weight excluding hydrogens is 582 g/mol. The highest BCUT2D eigenvalue weighted by Gasteiger charge is 2.63. The van der Waals surface area contributed by atoms with E-state index >= 15 is 0 Å². The van der Waals surface area contributed by atoms with Crippen LogP contribution in [0.2, 0.25) is 0 Å². The highest BCUT2D eigenvalue weighted by atomic mass is 16.3. The number of aliphatic hydroxyl groups excluding tert-OH is 2. The van der Waals surface area contributed by atoms with Crippen molar-refractivity contribution in [2.24, 2.45) is 23.5 Å². The maximum absolute atomic E-state index is 14.2. The Labute approximate surface area is 262 Å². The molecule has 5 rings (SSSR count). The van der Waals surface area contributed by atoms with Crippen LogP contribution >= 0.6 is 0 Å². The Hall–Kier alpha value is -3.94. The van der Waals surface area contributed by atoms with Crippen LogP contribution in [0.3, 0.4) is 0 Å². The number of likely N-dealkylation sites (tertiary alicyclic amines) is 1. The smallest absolute Gasteiger partial charge is 0.255 e. The van der Waals surface area contributed by atoms with E-state index in [1.807, 2.05) is 0 Å². The zero-order valence-corrected chi connectivity index (χ0v) is 26.5. The van der Waals surface area contributed by atoms with Gasteiger partial charge in [-0.2, -0.15) is 0 Å². The van der Waals surface area contributed by atoms with E-state index in [9.17, 15) is 39.6 Å². The van der Waals surface area contributed by atoms with Gasteiger partial charge in [-0.25, -0.2) is 0 Å². The number of carbonyl (C=O) groups is 4. The number of fused-ring (bicyclic) bond motifs is 3. The molecule has 1 fully saturated rings. The summed E-state index contributed by atoms with van der Waals surface area (Å²) in [5.74, 6) is -7.75. The van der Waals surface area contributed by atoms with Gasteiger partial charge in [-0.05, 0) is 84.3 Å². The third kappa shape index (κ3) is 4.97. The van der Waals surface area contributed by atoms with Crippen molar-refractivity contribution in [1.82, 2.24) is 9.80 Å². The van der Waals surface area contributed by atoms with Crippen LogP contribution in [0.5, 0.6) is 5.75 Å². The molecule has 0 spiro atoms. The monoisotopic (exact) mass is 625 g/mol. The Balaban J connectivity index is 1.58. The van der Waals surface area contributed by atoms with Gasteiger partial charge >= 0.3 is 0 Å². The number of likely N-dealkylation sites (N-methyl/N-ethyl adjacent to an activating group) is 1. The minimum Gasteiger partial charge on any atom is -0.510 e. The maximum Gasteiger partial charge on any atom is 0.255 e. The second-order valence-corrected chi connectivity index (χ2v) is 13.4. The number of nitrogens with one attached hydrogen (secondary N) is 1. The van der Waals surface area contributed by atoms with E-state index in [0.717, 1.165) is 13.1 Å². The molecule has 4 aliphatic rings. The number of aliphatic hydroxyl groups is 3. The van der Waals surface area contributed by atoms with Gasteiger partial charge in [-0.3, -0.25) is 24.1 Å². The van der Waals surface area contributed by atoms with E-state index in [0.29, 0.717) is 30.1 Å². The van der Waals surface area contributed by atoms with Gasteiger partial charge in [0.15, 0.2) is 17.1 Å². The molecule has 1 heterocycles. The Kier molecular flexibility index (Phi) is 8.26. The first-order chi connectivity index (χ1) is 21.0. The summed E-state index contributed by atoms with van der Waals surface area (Å²) in [7, 11) is 6.70. The van der Waals surface area contributed by atoms with Crippen LogP contribution in [0.15, 0.2) is 28.7 Å². The SMILES string of the molecule is CC(C)N1CCC(C(=O)Nc2cc(N(C)C)c3c(c2O)C(=O)C2=C(O)[C@]4(O)C(=O)C(C(N)=O)=C(O)[C@@H](N(C)C)[C@@H]4C[C@@H]2C3)CC1. The number of nitrogens with two attached hydrogens (primary N) is 1. The van der Waals surface area contributed by atoms with Crippen molar-refractivity contribution in [3.63, 3.8) is 0 Å². The number of allylic oxidation sites excluding steroid dienone is 1. The number of Topliss-reactive ketones (excluding diaryl/α,β-unsaturated/α-hetero) is 2. The van der Waals surface area contributed by atoms with Crippen LogP contribution in [-0.2, 0) is 20.8 Å². The fourth-order valence-electron chi connectivity index (χ4n) is 7.71. The number of phenols is 1. The minimum atomic E-state index is -2.72. The summed E-state index contributed by atoms with van der Waals surface area (Å²) in [4.78, 5) is 58.9. The van der Waals surface area contributed by atoms with Crippen molar-refractivity contribution in [1.29, 1.82) is 0 Å². The third-order valence-electron chi connectivity index (χ3n) is 10.1. The lowest BCUT2D eigenvalue weighted by molar-refractivity contribution is -0.148. The first-order valence-electron chi connectivity index (χ1n) is 15.3. The van der Waals surface area contributed by atoms with Gasteiger partial charge in [-0.15, -0.1) is 0 Å². The van der Waals surface area contributed by atoms with Crippen molar-refractivity contribution < 1.29 is 39.6 Å². The lowest BCUT2D eigenvalue weighted by Crippen LogP contribution is -2.63. The predicted octanol–water partition coefficient (Wildman–Crippen LogP) is 1.25. The number of primary amides is 1. The number of nitrogens with zero attached hydrogens (tertiary/aromatic N) is 3. The number of piperidine rings is 1. The van der Waals surface area contributed by atoms with Gasteiger partial charge in [0.25, 0.3) is 5.91 Å². The van der Waals surface area contributed by atoms with Crippen LogP contribution < -0.4 is 16.0 Å². The summed E-state index contributed by atoms with van der Waals surface area (Å²) in [6.07, 6.45) is 1.44. The van der Waals surface area contributed by atoms with Gasteiger partial charge in [0.1, 0.15) is 17.1 Å². The Bertz CT molecular complexity index is 1540. The average Bonchev–Trinajstić information content (AvgIpc) is 2.95. The fraction of sp³-hybridized carbons (Fsp3) is 0.562. The molecule has 0 bridgehead atoms. The Morgan fingerprint density at radius 1 is 1.09 bits per heavy atom.